The van der Waals surface area contributed by atoms with Crippen molar-refractivity contribution in [3.05, 3.63) is 31.2 Å². The molecule has 0 aliphatic heterocycles. The lowest BCUT2D eigenvalue weighted by atomic mass is 9.88. The molecule has 0 radical (unpaired) electrons. The van der Waals surface area contributed by atoms with Crippen molar-refractivity contribution in [1.29, 1.82) is 0 Å². The predicted molar refractivity (Wildman–Crippen MR) is 100 cm³/mol. The molecule has 0 saturated heterocycles. The minimum atomic E-state index is -1.22. The second-order valence-corrected chi connectivity index (χ2v) is 7.75. The fourth-order valence-corrected chi connectivity index (χ4v) is 2.32. The molecule has 2 atom stereocenters. The Balaban J connectivity index is 2.07. The van der Waals surface area contributed by atoms with Crippen molar-refractivity contribution in [2.24, 2.45) is 11.3 Å². The van der Waals surface area contributed by atoms with E-state index in [0.717, 1.165) is 0 Å². The zero-order chi connectivity index (χ0) is 20.2. The maximum absolute atomic E-state index is 12.6. The average Bonchev–Trinajstić information content (AvgIpc) is 3.06. The smallest absolute Gasteiger partial charge is 0.250 e. The molecule has 2 heterocycles. The zero-order valence-corrected chi connectivity index (χ0v) is 16.2. The first-order valence-corrected chi connectivity index (χ1v) is 8.68. The van der Waals surface area contributed by atoms with Crippen LogP contribution in [-0.2, 0) is 9.59 Å². The Morgan fingerprint density at radius 2 is 1.78 bits per heavy atom. The highest BCUT2D eigenvalue weighted by molar-refractivity contribution is 5.97. The van der Waals surface area contributed by atoms with Crippen LogP contribution in [0.2, 0.25) is 0 Å². The maximum atomic E-state index is 12.6. The minimum absolute atomic E-state index is 0.175. The van der Waals surface area contributed by atoms with Gasteiger partial charge in [0.1, 0.15) is 24.8 Å². The number of aliphatic hydroxyl groups excluding tert-OH is 1. The number of hydrogen-bond donors (Lipinski definition) is 3. The van der Waals surface area contributed by atoms with Crippen LogP contribution in [0.3, 0.4) is 0 Å². The number of aromatic nitrogens is 4. The van der Waals surface area contributed by atoms with Crippen LogP contribution in [0.4, 0.5) is 5.82 Å². The van der Waals surface area contributed by atoms with E-state index in [1.807, 2.05) is 13.8 Å². The van der Waals surface area contributed by atoms with Gasteiger partial charge >= 0.3 is 0 Å². The molecule has 0 bridgehead atoms. The van der Waals surface area contributed by atoms with E-state index in [1.165, 1.54) is 12.7 Å². The van der Waals surface area contributed by atoms with E-state index in [0.29, 0.717) is 11.5 Å². The minimum Gasteiger partial charge on any atom is -0.383 e. The van der Waals surface area contributed by atoms with Crippen LogP contribution in [0, 0.1) is 11.3 Å². The van der Waals surface area contributed by atoms with E-state index in [2.05, 4.69) is 25.6 Å². The third-order valence-corrected chi connectivity index (χ3v) is 3.99. The second-order valence-electron chi connectivity index (χ2n) is 7.75. The van der Waals surface area contributed by atoms with Crippen molar-refractivity contribution >= 4 is 17.6 Å². The largest absolute Gasteiger partial charge is 0.383 e. The first-order chi connectivity index (χ1) is 12.6. The Bertz CT molecular complexity index is 782. The monoisotopic (exact) mass is 374 g/mol. The molecule has 0 fully saturated rings. The highest BCUT2D eigenvalue weighted by Crippen LogP contribution is 2.19. The molecule has 2 amide bonds. The summed E-state index contributed by atoms with van der Waals surface area (Å²) in [7, 11) is 0. The van der Waals surface area contributed by atoms with Gasteiger partial charge in [0, 0.05) is 0 Å². The van der Waals surface area contributed by atoms with Crippen LogP contribution in [0.5, 0.6) is 0 Å². The summed E-state index contributed by atoms with van der Waals surface area (Å²) in [4.78, 5) is 36.9. The lowest BCUT2D eigenvalue weighted by Crippen LogP contribution is -2.52. The van der Waals surface area contributed by atoms with E-state index in [-0.39, 0.29) is 5.92 Å². The molecule has 146 valence electrons. The zero-order valence-electron chi connectivity index (χ0n) is 16.2. The third kappa shape index (κ3) is 5.33. The molecule has 0 unspecified atom stereocenters. The summed E-state index contributed by atoms with van der Waals surface area (Å²) >= 11 is 0. The van der Waals surface area contributed by atoms with E-state index >= 15 is 0 Å². The molecule has 0 saturated carbocycles. The van der Waals surface area contributed by atoms with Gasteiger partial charge < -0.3 is 20.3 Å². The third-order valence-electron chi connectivity index (χ3n) is 3.99. The van der Waals surface area contributed by atoms with Gasteiger partial charge in [0.25, 0.3) is 0 Å². The lowest BCUT2D eigenvalue weighted by Gasteiger charge is -2.28. The first kappa shape index (κ1) is 20.5. The summed E-state index contributed by atoms with van der Waals surface area (Å²) in [6.07, 6.45) is 6.59. The Morgan fingerprint density at radius 3 is 2.33 bits per heavy atom. The van der Waals surface area contributed by atoms with Gasteiger partial charge in [-0.15, -0.1) is 0 Å². The first-order valence-electron chi connectivity index (χ1n) is 8.68. The molecule has 2 aromatic heterocycles. The number of aliphatic hydroxyl groups is 1. The van der Waals surface area contributed by atoms with Crippen molar-refractivity contribution in [1.82, 2.24) is 24.8 Å². The summed E-state index contributed by atoms with van der Waals surface area (Å²) in [5, 5.41) is 15.4. The van der Waals surface area contributed by atoms with Gasteiger partial charge in [-0.25, -0.2) is 15.0 Å². The molecule has 2 rings (SSSR count). The van der Waals surface area contributed by atoms with Crippen LogP contribution < -0.4 is 10.6 Å². The van der Waals surface area contributed by atoms with Gasteiger partial charge in [-0.3, -0.25) is 9.59 Å². The van der Waals surface area contributed by atoms with Gasteiger partial charge in [-0.05, 0) is 11.3 Å². The molecule has 0 aliphatic rings. The van der Waals surface area contributed by atoms with Crippen LogP contribution in [0.15, 0.2) is 31.2 Å². The number of imidazole rings is 1. The molecule has 9 heteroatoms. The van der Waals surface area contributed by atoms with E-state index in [4.69, 9.17) is 0 Å². The summed E-state index contributed by atoms with van der Waals surface area (Å²) < 4.78 is 1.67. The number of anilines is 1. The quantitative estimate of drug-likeness (QED) is 0.697. The van der Waals surface area contributed by atoms with Crippen LogP contribution in [0.25, 0.3) is 5.69 Å². The summed E-state index contributed by atoms with van der Waals surface area (Å²) in [5.41, 5.74) is 0.0750. The predicted octanol–water partition coefficient (Wildman–Crippen LogP) is 1.15. The highest BCUT2D eigenvalue weighted by Gasteiger charge is 2.33. The van der Waals surface area contributed by atoms with Crippen molar-refractivity contribution < 1.29 is 14.7 Å². The van der Waals surface area contributed by atoms with Crippen molar-refractivity contribution in [3.63, 3.8) is 0 Å². The summed E-state index contributed by atoms with van der Waals surface area (Å²) in [5.74, 6) is -0.830. The number of hydrogen-bond acceptors (Lipinski definition) is 6. The topological polar surface area (TPSA) is 122 Å². The van der Waals surface area contributed by atoms with E-state index in [9.17, 15) is 14.7 Å². The number of carbonyl (C=O) groups is 2. The molecular weight excluding hydrogens is 348 g/mol. The van der Waals surface area contributed by atoms with Gasteiger partial charge in [-0.2, -0.15) is 0 Å². The van der Waals surface area contributed by atoms with Crippen molar-refractivity contribution in [2.75, 3.05) is 5.32 Å². The normalized spacial score (nSPS) is 13.9. The SMILES string of the molecule is CC(C)[C@H](NC(=O)[C@@H](O)C(C)(C)C)C(=O)Nc1cn(-c2cncnc2)cn1. The van der Waals surface area contributed by atoms with Gasteiger partial charge in [-0.1, -0.05) is 34.6 Å². The molecule has 3 N–H and O–H groups in total. The highest BCUT2D eigenvalue weighted by atomic mass is 16.3. The number of carbonyl (C=O) groups excluding carboxylic acids is 2. The standard InChI is InChI=1S/C18H26N6O3/c1-11(2)14(23-17(27)15(25)18(3,4)5)16(26)22-13-8-24(10-21-13)12-6-19-9-20-7-12/h6-11,14-15,25H,1-5H3,(H,22,26)(H,23,27)/t14-,15+/m0/s1. The van der Waals surface area contributed by atoms with Gasteiger partial charge in [0.05, 0.1) is 24.3 Å². The Hall–Kier alpha value is -2.81. The van der Waals surface area contributed by atoms with E-state index < -0.39 is 29.4 Å². The number of nitrogens with zero attached hydrogens (tertiary/aromatic N) is 4. The molecule has 2 aromatic rings. The molecule has 27 heavy (non-hydrogen) atoms. The maximum Gasteiger partial charge on any atom is 0.250 e. The molecule has 9 nitrogen and oxygen atoms in total. The Labute approximate surface area is 158 Å². The second kappa shape index (κ2) is 8.26. The number of nitrogens with one attached hydrogen (secondary N) is 2. The summed E-state index contributed by atoms with van der Waals surface area (Å²) in [6.45, 7) is 8.88. The average molecular weight is 374 g/mol. The molecule has 0 aliphatic carbocycles. The van der Waals surface area contributed by atoms with Gasteiger partial charge in [0.15, 0.2) is 5.82 Å². The summed E-state index contributed by atoms with van der Waals surface area (Å²) in [6, 6.07) is -0.806. The van der Waals surface area contributed by atoms with Crippen LogP contribution in [0.1, 0.15) is 34.6 Å². The number of rotatable bonds is 6. The van der Waals surface area contributed by atoms with Gasteiger partial charge in [0.2, 0.25) is 11.8 Å². The van der Waals surface area contributed by atoms with E-state index in [1.54, 1.807) is 43.9 Å². The van der Waals surface area contributed by atoms with Crippen molar-refractivity contribution in [3.8, 4) is 5.69 Å². The fourth-order valence-electron chi connectivity index (χ4n) is 2.32. The molecule has 0 spiro atoms. The molecular formula is C18H26N6O3. The Morgan fingerprint density at radius 1 is 1.15 bits per heavy atom. The van der Waals surface area contributed by atoms with Crippen molar-refractivity contribution in [2.45, 2.75) is 46.8 Å². The fraction of sp³-hybridized carbons (Fsp3) is 0.500. The lowest BCUT2D eigenvalue weighted by molar-refractivity contribution is -0.137. The van der Waals surface area contributed by atoms with Crippen LogP contribution in [-0.4, -0.2) is 48.6 Å². The molecule has 0 aromatic carbocycles. The van der Waals surface area contributed by atoms with Crippen LogP contribution >= 0.6 is 0 Å². The Kier molecular flexibility index (Phi) is 6.27. The number of amides is 2.